The third-order valence-corrected chi connectivity index (χ3v) is 2.55. The average molecular weight is 272 g/mol. The molecule has 1 amide bonds. The highest BCUT2D eigenvalue weighted by Gasteiger charge is 2.13. The lowest BCUT2D eigenvalue weighted by Crippen LogP contribution is -2.27. The Labute approximate surface area is 118 Å². The predicted octanol–water partition coefficient (Wildman–Crippen LogP) is 1.53. The van der Waals surface area contributed by atoms with Gasteiger partial charge in [-0.1, -0.05) is 29.8 Å². The average Bonchev–Trinajstić information content (AvgIpc) is 2.43. The second kappa shape index (κ2) is 7.10. The molecule has 0 unspecified atom stereocenters. The van der Waals surface area contributed by atoms with Gasteiger partial charge in [0.25, 0.3) is 5.91 Å². The lowest BCUT2D eigenvalue weighted by molar-refractivity contribution is -0.147. The molecule has 0 aliphatic rings. The maximum atomic E-state index is 11.7. The van der Waals surface area contributed by atoms with Crippen molar-refractivity contribution in [3.63, 3.8) is 0 Å². The molecular formula is C15H16N2O3. The van der Waals surface area contributed by atoms with E-state index in [1.54, 1.807) is 32.3 Å². The third-order valence-electron chi connectivity index (χ3n) is 2.55. The van der Waals surface area contributed by atoms with Crippen LogP contribution in [0.15, 0.2) is 29.8 Å². The van der Waals surface area contributed by atoms with E-state index in [-0.39, 0.29) is 18.1 Å². The molecule has 0 N–H and O–H groups in total. The maximum Gasteiger partial charge on any atom is 0.349 e. The number of rotatable bonds is 4. The molecule has 0 saturated carbocycles. The summed E-state index contributed by atoms with van der Waals surface area (Å²) in [5.41, 5.74) is 1.67. The number of hydrogen-bond donors (Lipinski definition) is 0. The minimum atomic E-state index is -0.803. The van der Waals surface area contributed by atoms with Gasteiger partial charge in [0, 0.05) is 14.1 Å². The number of nitriles is 1. The summed E-state index contributed by atoms with van der Waals surface area (Å²) in [7, 11) is 3.12. The molecule has 0 spiro atoms. The van der Waals surface area contributed by atoms with Crippen LogP contribution in [0, 0.1) is 18.3 Å². The van der Waals surface area contributed by atoms with Crippen molar-refractivity contribution < 1.29 is 14.3 Å². The lowest BCUT2D eigenvalue weighted by atomic mass is 10.1. The number of nitrogens with zero attached hydrogens (tertiary/aromatic N) is 2. The molecule has 0 aromatic heterocycles. The maximum absolute atomic E-state index is 11.7. The summed E-state index contributed by atoms with van der Waals surface area (Å²) in [6.07, 6.45) is 1.43. The molecule has 104 valence electrons. The molecule has 0 aliphatic carbocycles. The second-order valence-corrected chi connectivity index (χ2v) is 4.44. The number of carbonyl (C=O) groups is 2. The summed E-state index contributed by atoms with van der Waals surface area (Å²) in [5, 5.41) is 8.97. The SMILES string of the molecule is Cc1ccc(/C=C(\C#N)C(=O)OCC(=O)N(C)C)cc1. The number of aryl methyl sites for hydroxylation is 1. The molecule has 0 aliphatic heterocycles. The summed E-state index contributed by atoms with van der Waals surface area (Å²) in [5.74, 6) is -1.14. The molecule has 1 aromatic carbocycles. The Kier molecular flexibility index (Phi) is 5.48. The number of benzene rings is 1. The zero-order chi connectivity index (χ0) is 15.1. The highest BCUT2D eigenvalue weighted by molar-refractivity contribution is 5.98. The van der Waals surface area contributed by atoms with Crippen molar-refractivity contribution >= 4 is 18.0 Å². The van der Waals surface area contributed by atoms with E-state index in [0.29, 0.717) is 0 Å². The van der Waals surface area contributed by atoms with Crippen LogP contribution in [0.4, 0.5) is 0 Å². The Morgan fingerprint density at radius 2 is 1.90 bits per heavy atom. The van der Waals surface area contributed by atoms with E-state index in [0.717, 1.165) is 11.1 Å². The smallest absolute Gasteiger partial charge is 0.349 e. The first-order valence-corrected chi connectivity index (χ1v) is 5.99. The number of esters is 1. The van der Waals surface area contributed by atoms with Gasteiger partial charge >= 0.3 is 5.97 Å². The summed E-state index contributed by atoms with van der Waals surface area (Å²) in [4.78, 5) is 24.3. The van der Waals surface area contributed by atoms with E-state index in [2.05, 4.69) is 0 Å². The van der Waals surface area contributed by atoms with E-state index >= 15 is 0 Å². The predicted molar refractivity (Wildman–Crippen MR) is 74.4 cm³/mol. The van der Waals surface area contributed by atoms with E-state index in [1.807, 2.05) is 19.1 Å². The molecule has 0 atom stereocenters. The van der Waals surface area contributed by atoms with Crippen LogP contribution in [0.2, 0.25) is 0 Å². The number of hydrogen-bond acceptors (Lipinski definition) is 4. The molecular weight excluding hydrogens is 256 g/mol. The van der Waals surface area contributed by atoms with Crippen molar-refractivity contribution in [3.8, 4) is 6.07 Å². The van der Waals surface area contributed by atoms with Crippen LogP contribution in [0.5, 0.6) is 0 Å². The molecule has 0 heterocycles. The van der Waals surface area contributed by atoms with Gasteiger partial charge < -0.3 is 9.64 Å². The lowest BCUT2D eigenvalue weighted by Gasteiger charge is -2.09. The van der Waals surface area contributed by atoms with Crippen LogP contribution >= 0.6 is 0 Å². The monoisotopic (exact) mass is 272 g/mol. The first-order valence-electron chi connectivity index (χ1n) is 5.99. The van der Waals surface area contributed by atoms with Crippen LogP contribution in [-0.4, -0.2) is 37.5 Å². The van der Waals surface area contributed by atoms with Gasteiger partial charge in [0.2, 0.25) is 0 Å². The van der Waals surface area contributed by atoms with Gasteiger partial charge in [-0.3, -0.25) is 4.79 Å². The Bertz CT molecular complexity index is 566. The fourth-order valence-electron chi connectivity index (χ4n) is 1.30. The molecule has 5 nitrogen and oxygen atoms in total. The van der Waals surface area contributed by atoms with Crippen LogP contribution < -0.4 is 0 Å². The van der Waals surface area contributed by atoms with Crippen molar-refractivity contribution in [2.45, 2.75) is 6.92 Å². The van der Waals surface area contributed by atoms with Crippen molar-refractivity contribution in [2.75, 3.05) is 20.7 Å². The van der Waals surface area contributed by atoms with Gasteiger partial charge in [0.15, 0.2) is 6.61 Å². The van der Waals surface area contributed by atoms with Crippen LogP contribution in [0.3, 0.4) is 0 Å². The highest BCUT2D eigenvalue weighted by atomic mass is 16.5. The zero-order valence-corrected chi connectivity index (χ0v) is 11.7. The van der Waals surface area contributed by atoms with Gasteiger partial charge in [-0.25, -0.2) is 4.79 Å². The number of likely N-dealkylation sites (N-methyl/N-ethyl adjacent to an activating group) is 1. The molecule has 20 heavy (non-hydrogen) atoms. The highest BCUT2D eigenvalue weighted by Crippen LogP contribution is 2.09. The minimum Gasteiger partial charge on any atom is -0.451 e. The Hall–Kier alpha value is -2.61. The molecule has 5 heteroatoms. The van der Waals surface area contributed by atoms with Gasteiger partial charge in [-0.15, -0.1) is 0 Å². The molecule has 1 aromatic rings. The summed E-state index contributed by atoms with van der Waals surface area (Å²) in [6, 6.07) is 9.13. The van der Waals surface area contributed by atoms with Crippen molar-refractivity contribution in [1.82, 2.24) is 4.90 Å². The van der Waals surface area contributed by atoms with Gasteiger partial charge in [-0.05, 0) is 18.6 Å². The van der Waals surface area contributed by atoms with Gasteiger partial charge in [0.1, 0.15) is 11.6 Å². The summed E-state index contributed by atoms with van der Waals surface area (Å²) >= 11 is 0. The Morgan fingerprint density at radius 1 is 1.30 bits per heavy atom. The molecule has 0 saturated heterocycles. The summed E-state index contributed by atoms with van der Waals surface area (Å²) < 4.78 is 4.79. The van der Waals surface area contributed by atoms with Crippen molar-refractivity contribution in [3.05, 3.63) is 41.0 Å². The second-order valence-electron chi connectivity index (χ2n) is 4.44. The first kappa shape index (κ1) is 15.4. The minimum absolute atomic E-state index is 0.139. The molecule has 0 bridgehead atoms. The largest absolute Gasteiger partial charge is 0.451 e. The van der Waals surface area contributed by atoms with E-state index in [4.69, 9.17) is 10.00 Å². The Balaban J connectivity index is 2.75. The fourth-order valence-corrected chi connectivity index (χ4v) is 1.30. The van der Waals surface area contributed by atoms with Crippen molar-refractivity contribution in [2.24, 2.45) is 0 Å². The van der Waals surface area contributed by atoms with Crippen molar-refractivity contribution in [1.29, 1.82) is 5.26 Å². The third kappa shape index (κ3) is 4.58. The summed E-state index contributed by atoms with van der Waals surface area (Å²) in [6.45, 7) is 1.57. The molecule has 0 fully saturated rings. The van der Waals surface area contributed by atoms with Crippen LogP contribution in [-0.2, 0) is 14.3 Å². The number of carbonyl (C=O) groups excluding carboxylic acids is 2. The fraction of sp³-hybridized carbons (Fsp3) is 0.267. The number of amides is 1. The quantitative estimate of drug-likeness (QED) is 0.473. The number of ether oxygens (including phenoxy) is 1. The van der Waals surface area contributed by atoms with E-state index in [9.17, 15) is 9.59 Å². The van der Waals surface area contributed by atoms with Crippen LogP contribution in [0.25, 0.3) is 6.08 Å². The zero-order valence-electron chi connectivity index (χ0n) is 11.7. The van der Waals surface area contributed by atoms with Gasteiger partial charge in [0.05, 0.1) is 0 Å². The first-order chi connectivity index (χ1) is 9.43. The Morgan fingerprint density at radius 3 is 2.40 bits per heavy atom. The normalized spacial score (nSPS) is 10.6. The molecule has 1 rings (SSSR count). The van der Waals surface area contributed by atoms with E-state index in [1.165, 1.54) is 11.0 Å². The van der Waals surface area contributed by atoms with Gasteiger partial charge in [-0.2, -0.15) is 5.26 Å². The molecule has 0 radical (unpaired) electrons. The standard InChI is InChI=1S/C15H16N2O3/c1-11-4-6-12(7-5-11)8-13(9-16)15(19)20-10-14(18)17(2)3/h4-8H,10H2,1-3H3/b13-8+. The van der Waals surface area contributed by atoms with Crippen LogP contribution in [0.1, 0.15) is 11.1 Å². The van der Waals surface area contributed by atoms with E-state index < -0.39 is 5.97 Å². The topological polar surface area (TPSA) is 70.4 Å².